The maximum Gasteiger partial charge on any atom is 0.270 e. The molecule has 1 unspecified atom stereocenters. The molecule has 1 saturated heterocycles. The molecule has 1 aliphatic rings. The summed E-state index contributed by atoms with van der Waals surface area (Å²) in [6.45, 7) is 7.97. The molecule has 1 atom stereocenters. The number of carbonyl (C=O) groups excluding carboxylic acids is 1. The Morgan fingerprint density at radius 3 is 2.96 bits per heavy atom. The van der Waals surface area contributed by atoms with E-state index in [2.05, 4.69) is 46.4 Å². The van der Waals surface area contributed by atoms with Crippen LogP contribution in [0.1, 0.15) is 33.0 Å². The highest BCUT2D eigenvalue weighted by Gasteiger charge is 2.23. The van der Waals surface area contributed by atoms with Crippen molar-refractivity contribution in [2.45, 2.75) is 26.8 Å². The van der Waals surface area contributed by atoms with E-state index in [0.717, 1.165) is 37.6 Å². The van der Waals surface area contributed by atoms with Crippen LogP contribution in [-0.2, 0) is 6.54 Å². The molecule has 1 aromatic heterocycles. The van der Waals surface area contributed by atoms with Crippen molar-refractivity contribution in [3.05, 3.63) is 51.5 Å². The number of rotatable bonds is 5. The van der Waals surface area contributed by atoms with Gasteiger partial charge in [-0.1, -0.05) is 24.3 Å². The normalized spacial score (nSPS) is 18.3. The first-order valence-corrected chi connectivity index (χ1v) is 8.97. The lowest BCUT2D eigenvalue weighted by Gasteiger charge is -2.17. The number of aryl methyl sites for hydroxylation is 2. The van der Waals surface area contributed by atoms with Gasteiger partial charge in [0.1, 0.15) is 5.69 Å². The fourth-order valence-corrected chi connectivity index (χ4v) is 3.64. The summed E-state index contributed by atoms with van der Waals surface area (Å²) < 4.78 is 0. The highest BCUT2D eigenvalue weighted by atomic mass is 32.1. The highest BCUT2D eigenvalue weighted by Crippen LogP contribution is 2.19. The van der Waals surface area contributed by atoms with Crippen LogP contribution in [0.2, 0.25) is 0 Å². The fraction of sp³-hybridized carbons (Fsp3) is 0.444. The van der Waals surface area contributed by atoms with Crippen molar-refractivity contribution in [2.24, 2.45) is 5.92 Å². The van der Waals surface area contributed by atoms with Crippen LogP contribution in [-0.4, -0.2) is 35.4 Å². The SMILES string of the molecule is Cc1nc(C(=O)NCC2CCN(Cc3ccccc3C)C2)cs1. The molecule has 122 valence electrons. The molecule has 1 fully saturated rings. The van der Waals surface area contributed by atoms with Crippen molar-refractivity contribution in [1.82, 2.24) is 15.2 Å². The maximum absolute atomic E-state index is 12.1. The van der Waals surface area contributed by atoms with Gasteiger partial charge in [0.15, 0.2) is 0 Å². The third-order valence-electron chi connectivity index (χ3n) is 4.43. The number of hydrogen-bond donors (Lipinski definition) is 1. The van der Waals surface area contributed by atoms with E-state index < -0.39 is 0 Å². The molecule has 1 amide bonds. The number of likely N-dealkylation sites (tertiary alicyclic amines) is 1. The number of carbonyl (C=O) groups is 1. The van der Waals surface area contributed by atoms with Crippen molar-refractivity contribution >= 4 is 17.2 Å². The largest absolute Gasteiger partial charge is 0.350 e. The van der Waals surface area contributed by atoms with E-state index >= 15 is 0 Å². The van der Waals surface area contributed by atoms with Crippen molar-refractivity contribution in [3.63, 3.8) is 0 Å². The zero-order valence-electron chi connectivity index (χ0n) is 13.7. The van der Waals surface area contributed by atoms with Gasteiger partial charge in [-0.15, -0.1) is 11.3 Å². The summed E-state index contributed by atoms with van der Waals surface area (Å²) in [6, 6.07) is 8.56. The molecule has 1 N–H and O–H groups in total. The second-order valence-electron chi connectivity index (χ2n) is 6.28. The topological polar surface area (TPSA) is 45.2 Å². The fourth-order valence-electron chi connectivity index (χ4n) is 3.05. The zero-order chi connectivity index (χ0) is 16.2. The number of benzene rings is 1. The second kappa shape index (κ2) is 7.23. The maximum atomic E-state index is 12.1. The highest BCUT2D eigenvalue weighted by molar-refractivity contribution is 7.09. The minimum absolute atomic E-state index is 0.0493. The number of nitrogens with one attached hydrogen (secondary N) is 1. The molecule has 3 rings (SSSR count). The molecule has 0 aliphatic carbocycles. The molecule has 1 aromatic carbocycles. The Morgan fingerprint density at radius 1 is 1.39 bits per heavy atom. The van der Waals surface area contributed by atoms with Crippen LogP contribution in [0.5, 0.6) is 0 Å². The minimum atomic E-state index is -0.0493. The molecule has 4 nitrogen and oxygen atoms in total. The summed E-state index contributed by atoms with van der Waals surface area (Å²) in [5.41, 5.74) is 3.29. The zero-order valence-corrected chi connectivity index (χ0v) is 14.5. The quantitative estimate of drug-likeness (QED) is 0.917. The molecule has 0 bridgehead atoms. The van der Waals surface area contributed by atoms with E-state index in [9.17, 15) is 4.79 Å². The smallest absolute Gasteiger partial charge is 0.270 e. The van der Waals surface area contributed by atoms with Crippen LogP contribution in [0, 0.1) is 19.8 Å². The van der Waals surface area contributed by atoms with Gasteiger partial charge in [-0.05, 0) is 43.9 Å². The summed E-state index contributed by atoms with van der Waals surface area (Å²) in [6.07, 6.45) is 1.14. The van der Waals surface area contributed by atoms with Gasteiger partial charge in [-0.25, -0.2) is 4.98 Å². The number of aromatic nitrogens is 1. The van der Waals surface area contributed by atoms with Crippen molar-refractivity contribution < 1.29 is 4.79 Å². The van der Waals surface area contributed by atoms with Crippen LogP contribution < -0.4 is 5.32 Å². The number of thiazole rings is 1. The minimum Gasteiger partial charge on any atom is -0.350 e. The first kappa shape index (κ1) is 16.1. The standard InChI is InChI=1S/C18H23N3OS/c1-13-5-3-4-6-16(13)11-21-8-7-15(10-21)9-19-18(22)17-12-23-14(2)20-17/h3-6,12,15H,7-11H2,1-2H3,(H,19,22). The van der Waals surface area contributed by atoms with E-state index in [1.807, 2.05) is 12.3 Å². The molecular formula is C18H23N3OS. The average molecular weight is 329 g/mol. The third-order valence-corrected chi connectivity index (χ3v) is 5.20. The second-order valence-corrected chi connectivity index (χ2v) is 7.34. The van der Waals surface area contributed by atoms with Gasteiger partial charge in [-0.3, -0.25) is 9.69 Å². The Balaban J connectivity index is 1.47. The van der Waals surface area contributed by atoms with Crippen molar-refractivity contribution in [2.75, 3.05) is 19.6 Å². The lowest BCUT2D eigenvalue weighted by atomic mass is 10.1. The Kier molecular flexibility index (Phi) is 5.08. The Labute approximate surface area is 141 Å². The molecule has 2 aromatic rings. The number of hydrogen-bond acceptors (Lipinski definition) is 4. The van der Waals surface area contributed by atoms with E-state index in [1.54, 1.807) is 0 Å². The van der Waals surface area contributed by atoms with Gasteiger partial charge in [-0.2, -0.15) is 0 Å². The Bertz CT molecular complexity index is 682. The molecule has 0 radical (unpaired) electrons. The third kappa shape index (κ3) is 4.18. The molecular weight excluding hydrogens is 306 g/mol. The predicted octanol–water partition coefficient (Wildman–Crippen LogP) is 3.01. The van der Waals surface area contributed by atoms with E-state index in [4.69, 9.17) is 0 Å². The number of nitrogens with zero attached hydrogens (tertiary/aromatic N) is 2. The summed E-state index contributed by atoms with van der Waals surface area (Å²) >= 11 is 1.51. The summed E-state index contributed by atoms with van der Waals surface area (Å²) in [5, 5.41) is 5.78. The van der Waals surface area contributed by atoms with Gasteiger partial charge in [0.25, 0.3) is 5.91 Å². The predicted molar refractivity (Wildman–Crippen MR) is 93.7 cm³/mol. The Morgan fingerprint density at radius 2 is 2.22 bits per heavy atom. The summed E-state index contributed by atoms with van der Waals surface area (Å²) in [7, 11) is 0. The molecule has 2 heterocycles. The summed E-state index contributed by atoms with van der Waals surface area (Å²) in [5.74, 6) is 0.481. The van der Waals surface area contributed by atoms with Gasteiger partial charge in [0.2, 0.25) is 0 Å². The molecule has 1 aliphatic heterocycles. The first-order chi connectivity index (χ1) is 11.1. The Hall–Kier alpha value is -1.72. The van der Waals surface area contributed by atoms with Crippen molar-refractivity contribution in [1.29, 1.82) is 0 Å². The molecule has 5 heteroatoms. The van der Waals surface area contributed by atoms with Crippen LogP contribution in [0.15, 0.2) is 29.6 Å². The van der Waals surface area contributed by atoms with Gasteiger partial charge in [0, 0.05) is 25.0 Å². The van der Waals surface area contributed by atoms with Gasteiger partial charge in [0.05, 0.1) is 5.01 Å². The lowest BCUT2D eigenvalue weighted by Crippen LogP contribution is -2.31. The van der Waals surface area contributed by atoms with Gasteiger partial charge >= 0.3 is 0 Å². The van der Waals surface area contributed by atoms with E-state index in [-0.39, 0.29) is 5.91 Å². The van der Waals surface area contributed by atoms with Crippen LogP contribution in [0.25, 0.3) is 0 Å². The molecule has 0 saturated carbocycles. The van der Waals surface area contributed by atoms with Crippen LogP contribution in [0.3, 0.4) is 0 Å². The van der Waals surface area contributed by atoms with E-state index in [0.29, 0.717) is 11.6 Å². The van der Waals surface area contributed by atoms with Crippen LogP contribution in [0.4, 0.5) is 0 Å². The lowest BCUT2D eigenvalue weighted by molar-refractivity contribution is 0.0943. The number of amides is 1. The monoisotopic (exact) mass is 329 g/mol. The van der Waals surface area contributed by atoms with Crippen molar-refractivity contribution in [3.8, 4) is 0 Å². The van der Waals surface area contributed by atoms with Gasteiger partial charge < -0.3 is 5.32 Å². The first-order valence-electron chi connectivity index (χ1n) is 8.09. The molecule has 0 spiro atoms. The average Bonchev–Trinajstić information content (AvgIpc) is 3.16. The van der Waals surface area contributed by atoms with E-state index in [1.165, 1.54) is 22.5 Å². The van der Waals surface area contributed by atoms with Crippen LogP contribution >= 0.6 is 11.3 Å². The molecule has 23 heavy (non-hydrogen) atoms. The summed E-state index contributed by atoms with van der Waals surface area (Å²) in [4.78, 5) is 18.8.